The largest absolute Gasteiger partial charge is 0.376 e. The van der Waals surface area contributed by atoms with Gasteiger partial charge >= 0.3 is 0 Å². The summed E-state index contributed by atoms with van der Waals surface area (Å²) in [7, 11) is 0. The van der Waals surface area contributed by atoms with Crippen molar-refractivity contribution in [2.75, 3.05) is 32.8 Å². The standard InChI is InChI=1S/C19H24FN5O2/c1-2-25-18-5-10-27-13-15(18)17(22-25)12-23-6-8-24(9-7-23)19(26)16-4-3-14(20)11-21-16/h3-4,11H,2,5-10,12-13H2,1H3. The first-order chi connectivity index (χ1) is 13.2. The number of fused-ring (bicyclic) bond motifs is 1. The molecular formula is C19H24FN5O2. The van der Waals surface area contributed by atoms with Gasteiger partial charge in [0.25, 0.3) is 5.91 Å². The van der Waals surface area contributed by atoms with Crippen LogP contribution in [0.1, 0.15) is 34.4 Å². The number of rotatable bonds is 4. The number of aromatic nitrogens is 3. The zero-order chi connectivity index (χ0) is 18.8. The highest BCUT2D eigenvalue weighted by Gasteiger charge is 2.26. The van der Waals surface area contributed by atoms with Crippen LogP contribution in [-0.4, -0.2) is 63.3 Å². The van der Waals surface area contributed by atoms with Crippen molar-refractivity contribution in [2.45, 2.75) is 33.0 Å². The molecule has 2 aromatic rings. The van der Waals surface area contributed by atoms with Crippen LogP contribution in [0.5, 0.6) is 0 Å². The van der Waals surface area contributed by atoms with E-state index >= 15 is 0 Å². The molecule has 144 valence electrons. The molecule has 0 unspecified atom stereocenters. The van der Waals surface area contributed by atoms with Gasteiger partial charge in [-0.05, 0) is 19.1 Å². The Bertz CT molecular complexity index is 812. The minimum absolute atomic E-state index is 0.143. The third-order valence-corrected chi connectivity index (χ3v) is 5.26. The van der Waals surface area contributed by atoms with E-state index in [4.69, 9.17) is 9.84 Å². The molecule has 7 nitrogen and oxygen atoms in total. The van der Waals surface area contributed by atoms with E-state index < -0.39 is 5.82 Å². The minimum atomic E-state index is -0.435. The number of pyridine rings is 1. The van der Waals surface area contributed by atoms with Crippen molar-refractivity contribution >= 4 is 5.91 Å². The van der Waals surface area contributed by atoms with Crippen molar-refractivity contribution in [1.82, 2.24) is 24.6 Å². The maximum atomic E-state index is 13.0. The first-order valence-corrected chi connectivity index (χ1v) is 9.44. The summed E-state index contributed by atoms with van der Waals surface area (Å²) in [5.41, 5.74) is 3.91. The fourth-order valence-corrected chi connectivity index (χ4v) is 3.75. The molecule has 4 rings (SSSR count). The summed E-state index contributed by atoms with van der Waals surface area (Å²) in [6.45, 7) is 7.97. The maximum Gasteiger partial charge on any atom is 0.272 e. The number of hydrogen-bond acceptors (Lipinski definition) is 5. The van der Waals surface area contributed by atoms with E-state index in [9.17, 15) is 9.18 Å². The molecule has 1 fully saturated rings. The van der Waals surface area contributed by atoms with Gasteiger partial charge in [0, 0.05) is 56.9 Å². The van der Waals surface area contributed by atoms with Gasteiger partial charge in [-0.1, -0.05) is 0 Å². The van der Waals surface area contributed by atoms with E-state index in [1.165, 1.54) is 23.4 Å². The number of amides is 1. The number of carbonyl (C=O) groups is 1. The van der Waals surface area contributed by atoms with Crippen LogP contribution in [0.2, 0.25) is 0 Å². The Morgan fingerprint density at radius 2 is 2.07 bits per heavy atom. The van der Waals surface area contributed by atoms with E-state index in [1.54, 1.807) is 4.90 Å². The summed E-state index contributed by atoms with van der Waals surface area (Å²) in [5, 5.41) is 4.78. The van der Waals surface area contributed by atoms with Crippen LogP contribution in [0.4, 0.5) is 4.39 Å². The normalized spacial score (nSPS) is 17.8. The van der Waals surface area contributed by atoms with Gasteiger partial charge < -0.3 is 9.64 Å². The number of carbonyl (C=O) groups excluding carboxylic acids is 1. The average molecular weight is 373 g/mol. The predicted molar refractivity (Wildman–Crippen MR) is 96.6 cm³/mol. The van der Waals surface area contributed by atoms with Gasteiger partial charge in [-0.2, -0.15) is 5.10 Å². The van der Waals surface area contributed by atoms with Crippen LogP contribution in [-0.2, 0) is 30.9 Å². The van der Waals surface area contributed by atoms with Crippen molar-refractivity contribution in [2.24, 2.45) is 0 Å². The van der Waals surface area contributed by atoms with Gasteiger partial charge in [0.05, 0.1) is 25.1 Å². The van der Waals surface area contributed by atoms with Crippen molar-refractivity contribution < 1.29 is 13.9 Å². The topological polar surface area (TPSA) is 63.5 Å². The fraction of sp³-hybridized carbons (Fsp3) is 0.526. The maximum absolute atomic E-state index is 13.0. The lowest BCUT2D eigenvalue weighted by Crippen LogP contribution is -2.48. The average Bonchev–Trinajstić information content (AvgIpc) is 3.06. The van der Waals surface area contributed by atoms with Crippen LogP contribution in [0.3, 0.4) is 0 Å². The molecule has 4 heterocycles. The number of nitrogens with zero attached hydrogens (tertiary/aromatic N) is 5. The first-order valence-electron chi connectivity index (χ1n) is 9.44. The van der Waals surface area contributed by atoms with Gasteiger partial charge in [0.1, 0.15) is 11.5 Å². The molecule has 0 spiro atoms. The number of piperazine rings is 1. The number of hydrogen-bond donors (Lipinski definition) is 0. The highest BCUT2D eigenvalue weighted by molar-refractivity contribution is 5.92. The van der Waals surface area contributed by atoms with E-state index in [2.05, 4.69) is 21.5 Å². The summed E-state index contributed by atoms with van der Waals surface area (Å²) in [6.07, 6.45) is 2.00. The molecular weight excluding hydrogens is 349 g/mol. The van der Waals surface area contributed by atoms with Crippen LogP contribution in [0.25, 0.3) is 0 Å². The molecule has 0 atom stereocenters. The monoisotopic (exact) mass is 373 g/mol. The zero-order valence-electron chi connectivity index (χ0n) is 15.5. The van der Waals surface area contributed by atoms with Crippen LogP contribution in [0.15, 0.2) is 18.3 Å². The minimum Gasteiger partial charge on any atom is -0.376 e. The molecule has 0 bridgehead atoms. The summed E-state index contributed by atoms with van der Waals surface area (Å²) >= 11 is 0. The van der Waals surface area contributed by atoms with Gasteiger partial charge in [0.2, 0.25) is 0 Å². The Labute approximate surface area is 157 Å². The second-order valence-corrected chi connectivity index (χ2v) is 6.92. The molecule has 8 heteroatoms. The first kappa shape index (κ1) is 18.1. The summed E-state index contributed by atoms with van der Waals surface area (Å²) < 4.78 is 20.7. The Morgan fingerprint density at radius 3 is 2.78 bits per heavy atom. The van der Waals surface area contributed by atoms with Crippen molar-refractivity contribution in [3.8, 4) is 0 Å². The van der Waals surface area contributed by atoms with Crippen LogP contribution in [0, 0.1) is 5.82 Å². The lowest BCUT2D eigenvalue weighted by atomic mass is 10.1. The predicted octanol–water partition coefficient (Wildman–Crippen LogP) is 1.47. The van der Waals surface area contributed by atoms with Gasteiger partial charge in [0.15, 0.2) is 0 Å². The molecule has 0 N–H and O–H groups in total. The molecule has 2 aliphatic rings. The van der Waals surface area contributed by atoms with Crippen LogP contribution < -0.4 is 0 Å². The zero-order valence-corrected chi connectivity index (χ0v) is 15.5. The molecule has 27 heavy (non-hydrogen) atoms. The lowest BCUT2D eigenvalue weighted by molar-refractivity contribution is 0.0619. The Kier molecular flexibility index (Phi) is 5.18. The quantitative estimate of drug-likeness (QED) is 0.812. The molecule has 0 radical (unpaired) electrons. The van der Waals surface area contributed by atoms with E-state index in [-0.39, 0.29) is 11.6 Å². The summed E-state index contributed by atoms with van der Waals surface area (Å²) in [4.78, 5) is 20.5. The number of ether oxygens (including phenoxy) is 1. The van der Waals surface area contributed by atoms with E-state index in [0.717, 1.165) is 51.1 Å². The third kappa shape index (κ3) is 3.72. The summed E-state index contributed by atoms with van der Waals surface area (Å²) in [6, 6.07) is 2.71. The SMILES string of the molecule is CCn1nc(CN2CCN(C(=O)c3ccc(F)cn3)CC2)c2c1CCOC2. The van der Waals surface area contributed by atoms with Crippen LogP contribution >= 0.6 is 0 Å². The molecule has 1 amide bonds. The van der Waals surface area contributed by atoms with Gasteiger partial charge in [-0.3, -0.25) is 14.4 Å². The highest BCUT2D eigenvalue weighted by Crippen LogP contribution is 2.22. The van der Waals surface area contributed by atoms with Gasteiger partial charge in [-0.25, -0.2) is 9.37 Å². The molecule has 2 aliphatic heterocycles. The molecule has 0 aromatic carbocycles. The van der Waals surface area contributed by atoms with Crippen molar-refractivity contribution in [3.63, 3.8) is 0 Å². The molecule has 1 saturated heterocycles. The van der Waals surface area contributed by atoms with Crippen molar-refractivity contribution in [3.05, 3.63) is 46.8 Å². The molecule has 0 saturated carbocycles. The number of halogens is 1. The van der Waals surface area contributed by atoms with E-state index in [0.29, 0.717) is 19.7 Å². The van der Waals surface area contributed by atoms with E-state index in [1.807, 2.05) is 0 Å². The second kappa shape index (κ2) is 7.74. The number of aryl methyl sites for hydroxylation is 1. The summed E-state index contributed by atoms with van der Waals surface area (Å²) in [5.74, 6) is -0.578. The van der Waals surface area contributed by atoms with Crippen molar-refractivity contribution in [1.29, 1.82) is 0 Å². The molecule has 0 aliphatic carbocycles. The smallest absolute Gasteiger partial charge is 0.272 e. The second-order valence-electron chi connectivity index (χ2n) is 6.92. The lowest BCUT2D eigenvalue weighted by Gasteiger charge is -2.34. The molecule has 2 aromatic heterocycles. The fourth-order valence-electron chi connectivity index (χ4n) is 3.75. The van der Waals surface area contributed by atoms with Gasteiger partial charge in [-0.15, -0.1) is 0 Å². The Balaban J connectivity index is 1.38. The highest BCUT2D eigenvalue weighted by atomic mass is 19.1. The Morgan fingerprint density at radius 1 is 1.26 bits per heavy atom. The Hall–Kier alpha value is -2.32. The third-order valence-electron chi connectivity index (χ3n) is 5.26.